The van der Waals surface area contributed by atoms with Crippen LogP contribution < -0.4 is 0 Å². The number of nitrogens with zero attached hydrogens (tertiary/aromatic N) is 2. The zero-order valence-corrected chi connectivity index (χ0v) is 12.5. The average molecular weight is 226 g/mol. The predicted molar refractivity (Wildman–Crippen MR) is 71.6 cm³/mol. The topological polar surface area (TPSA) is 6.48 Å². The van der Waals surface area contributed by atoms with Crippen LogP contribution in [0.25, 0.3) is 0 Å². The molecule has 1 aliphatic heterocycles. The summed E-state index contributed by atoms with van der Waals surface area (Å²) in [5.74, 6) is 0. The molecule has 2 nitrogen and oxygen atoms in total. The minimum absolute atomic E-state index is 0.264. The molecule has 0 spiro atoms. The summed E-state index contributed by atoms with van der Waals surface area (Å²) < 4.78 is 0. The van der Waals surface area contributed by atoms with Crippen molar-refractivity contribution in [2.24, 2.45) is 0 Å². The Morgan fingerprint density at radius 1 is 1.00 bits per heavy atom. The van der Waals surface area contributed by atoms with Crippen molar-refractivity contribution in [2.45, 2.75) is 85.1 Å². The highest BCUT2D eigenvalue weighted by Crippen LogP contribution is 2.34. The molecule has 0 amide bonds. The maximum Gasteiger partial charge on any atom is 0.0606 e. The SMILES string of the molecule is CCC1CN(C(C)(C)C)C(C)N1C(C)(C)C. The Hall–Kier alpha value is -0.0800. The van der Waals surface area contributed by atoms with Gasteiger partial charge in [-0.1, -0.05) is 6.92 Å². The normalized spacial score (nSPS) is 30.0. The third-order valence-corrected chi connectivity index (χ3v) is 3.76. The van der Waals surface area contributed by atoms with Crippen LogP contribution in [0.1, 0.15) is 61.8 Å². The van der Waals surface area contributed by atoms with E-state index in [0.717, 1.165) is 0 Å². The van der Waals surface area contributed by atoms with Crippen molar-refractivity contribution in [3.63, 3.8) is 0 Å². The van der Waals surface area contributed by atoms with Gasteiger partial charge in [-0.15, -0.1) is 0 Å². The lowest BCUT2D eigenvalue weighted by atomic mass is 10.0. The van der Waals surface area contributed by atoms with Crippen molar-refractivity contribution in [2.75, 3.05) is 6.54 Å². The van der Waals surface area contributed by atoms with E-state index in [4.69, 9.17) is 0 Å². The van der Waals surface area contributed by atoms with E-state index in [1.165, 1.54) is 13.0 Å². The lowest BCUT2D eigenvalue weighted by Gasteiger charge is -2.42. The van der Waals surface area contributed by atoms with E-state index in [9.17, 15) is 0 Å². The Morgan fingerprint density at radius 2 is 1.50 bits per heavy atom. The van der Waals surface area contributed by atoms with Gasteiger partial charge in [-0.25, -0.2) is 0 Å². The van der Waals surface area contributed by atoms with Gasteiger partial charge in [0, 0.05) is 23.7 Å². The molecule has 0 aromatic rings. The van der Waals surface area contributed by atoms with Gasteiger partial charge < -0.3 is 0 Å². The van der Waals surface area contributed by atoms with E-state index in [1.807, 2.05) is 0 Å². The molecule has 0 aromatic carbocycles. The molecule has 1 heterocycles. The molecular formula is C14H30N2. The monoisotopic (exact) mass is 226 g/mol. The number of hydrogen-bond donors (Lipinski definition) is 0. The van der Waals surface area contributed by atoms with Crippen molar-refractivity contribution >= 4 is 0 Å². The van der Waals surface area contributed by atoms with Crippen molar-refractivity contribution < 1.29 is 0 Å². The Bertz CT molecular complexity index is 234. The molecule has 2 atom stereocenters. The summed E-state index contributed by atoms with van der Waals surface area (Å²) in [6.07, 6.45) is 1.79. The fourth-order valence-corrected chi connectivity index (χ4v) is 3.19. The Balaban J connectivity index is 2.94. The lowest BCUT2D eigenvalue weighted by Crippen LogP contribution is -2.52. The molecule has 0 saturated carbocycles. The van der Waals surface area contributed by atoms with Gasteiger partial charge in [0.25, 0.3) is 0 Å². The van der Waals surface area contributed by atoms with Crippen molar-refractivity contribution in [3.05, 3.63) is 0 Å². The molecule has 1 fully saturated rings. The van der Waals surface area contributed by atoms with E-state index >= 15 is 0 Å². The van der Waals surface area contributed by atoms with Crippen molar-refractivity contribution in [1.29, 1.82) is 0 Å². The van der Waals surface area contributed by atoms with Crippen LogP contribution in [-0.2, 0) is 0 Å². The summed E-state index contributed by atoms with van der Waals surface area (Å²) in [4.78, 5) is 5.31. The van der Waals surface area contributed by atoms with Crippen LogP contribution in [-0.4, -0.2) is 39.6 Å². The van der Waals surface area contributed by atoms with Crippen LogP contribution in [0.5, 0.6) is 0 Å². The molecule has 96 valence electrons. The van der Waals surface area contributed by atoms with Gasteiger partial charge in [-0.3, -0.25) is 9.80 Å². The van der Waals surface area contributed by atoms with Crippen LogP contribution >= 0.6 is 0 Å². The van der Waals surface area contributed by atoms with E-state index < -0.39 is 0 Å². The molecule has 0 N–H and O–H groups in total. The van der Waals surface area contributed by atoms with Crippen LogP contribution in [0.15, 0.2) is 0 Å². The van der Waals surface area contributed by atoms with Gasteiger partial charge in [0.2, 0.25) is 0 Å². The highest BCUT2D eigenvalue weighted by atomic mass is 15.5. The van der Waals surface area contributed by atoms with Gasteiger partial charge in [-0.05, 0) is 54.9 Å². The first-order valence-electron chi connectivity index (χ1n) is 6.64. The second kappa shape index (κ2) is 4.30. The van der Waals surface area contributed by atoms with Gasteiger partial charge in [0.15, 0.2) is 0 Å². The van der Waals surface area contributed by atoms with E-state index in [0.29, 0.717) is 12.2 Å². The second-order valence-corrected chi connectivity index (χ2v) is 7.10. The summed E-state index contributed by atoms with van der Waals surface area (Å²) in [7, 11) is 0. The number of hydrogen-bond acceptors (Lipinski definition) is 2. The first-order valence-corrected chi connectivity index (χ1v) is 6.64. The first kappa shape index (κ1) is 14.0. The fourth-order valence-electron chi connectivity index (χ4n) is 3.19. The number of rotatable bonds is 1. The minimum Gasteiger partial charge on any atom is -0.282 e. The standard InChI is InChI=1S/C14H30N2/c1-9-12-10-15(13(3,4)5)11(2)16(12)14(6,7)8/h11-12H,9-10H2,1-8H3. The largest absolute Gasteiger partial charge is 0.282 e. The fraction of sp³-hybridized carbons (Fsp3) is 1.00. The summed E-state index contributed by atoms with van der Waals surface area (Å²) in [5, 5.41) is 0. The zero-order chi connectivity index (χ0) is 12.7. The van der Waals surface area contributed by atoms with E-state index in [-0.39, 0.29) is 11.1 Å². The maximum absolute atomic E-state index is 2.68. The van der Waals surface area contributed by atoms with Crippen LogP contribution in [0, 0.1) is 0 Å². The Kier molecular flexibility index (Phi) is 3.76. The third-order valence-electron chi connectivity index (χ3n) is 3.76. The zero-order valence-electron chi connectivity index (χ0n) is 12.5. The van der Waals surface area contributed by atoms with Crippen LogP contribution in [0.3, 0.4) is 0 Å². The third kappa shape index (κ3) is 2.60. The van der Waals surface area contributed by atoms with Crippen LogP contribution in [0.2, 0.25) is 0 Å². The van der Waals surface area contributed by atoms with E-state index in [2.05, 4.69) is 65.2 Å². The molecule has 0 radical (unpaired) electrons. The summed E-state index contributed by atoms with van der Waals surface area (Å²) >= 11 is 0. The Morgan fingerprint density at radius 3 is 1.75 bits per heavy atom. The van der Waals surface area contributed by atoms with Gasteiger partial charge >= 0.3 is 0 Å². The quantitative estimate of drug-likeness (QED) is 0.677. The molecule has 0 bridgehead atoms. The molecule has 1 saturated heterocycles. The van der Waals surface area contributed by atoms with Gasteiger partial charge in [0.05, 0.1) is 6.17 Å². The highest BCUT2D eigenvalue weighted by molar-refractivity contribution is 4.97. The second-order valence-electron chi connectivity index (χ2n) is 7.10. The maximum atomic E-state index is 2.68. The molecule has 1 rings (SSSR count). The minimum atomic E-state index is 0.264. The smallest absolute Gasteiger partial charge is 0.0606 e. The van der Waals surface area contributed by atoms with Crippen molar-refractivity contribution in [1.82, 2.24) is 9.80 Å². The molecular weight excluding hydrogens is 196 g/mol. The first-order chi connectivity index (χ1) is 7.09. The van der Waals surface area contributed by atoms with E-state index in [1.54, 1.807) is 0 Å². The molecule has 0 aromatic heterocycles. The lowest BCUT2D eigenvalue weighted by molar-refractivity contribution is 0.0177. The van der Waals surface area contributed by atoms with Crippen molar-refractivity contribution in [3.8, 4) is 0 Å². The highest BCUT2D eigenvalue weighted by Gasteiger charge is 2.44. The molecule has 0 aliphatic carbocycles. The molecule has 16 heavy (non-hydrogen) atoms. The molecule has 1 aliphatic rings. The summed E-state index contributed by atoms with van der Waals surface area (Å²) in [6.45, 7) is 19.8. The predicted octanol–water partition coefficient (Wildman–Crippen LogP) is 3.33. The summed E-state index contributed by atoms with van der Waals surface area (Å²) in [5.41, 5.74) is 0.535. The molecule has 2 heteroatoms. The summed E-state index contributed by atoms with van der Waals surface area (Å²) in [6, 6.07) is 0.703. The Labute approximate surface area is 102 Å². The molecule has 2 unspecified atom stereocenters. The van der Waals surface area contributed by atoms with Gasteiger partial charge in [-0.2, -0.15) is 0 Å². The van der Waals surface area contributed by atoms with Gasteiger partial charge in [0.1, 0.15) is 0 Å². The average Bonchev–Trinajstić information content (AvgIpc) is 2.40. The van der Waals surface area contributed by atoms with Crippen LogP contribution in [0.4, 0.5) is 0 Å².